The van der Waals surface area contributed by atoms with E-state index >= 15 is 0 Å². The van der Waals surface area contributed by atoms with Crippen LogP contribution in [0.25, 0.3) is 10.6 Å². The van der Waals surface area contributed by atoms with Crippen molar-refractivity contribution < 1.29 is 19.1 Å². The molecule has 0 saturated carbocycles. The van der Waals surface area contributed by atoms with Gasteiger partial charge in [0.2, 0.25) is 0 Å². The Morgan fingerprint density at radius 2 is 1.73 bits per heavy atom. The average molecular weight is 426 g/mol. The van der Waals surface area contributed by atoms with E-state index in [1.165, 1.54) is 11.3 Å². The van der Waals surface area contributed by atoms with Gasteiger partial charge in [-0.3, -0.25) is 9.59 Å². The van der Waals surface area contributed by atoms with E-state index in [2.05, 4.69) is 15.6 Å². The van der Waals surface area contributed by atoms with Crippen LogP contribution in [0.5, 0.6) is 11.5 Å². The summed E-state index contributed by atoms with van der Waals surface area (Å²) in [6.07, 6.45) is 0. The third-order valence-electron chi connectivity index (χ3n) is 4.69. The van der Waals surface area contributed by atoms with Gasteiger partial charge in [-0.15, -0.1) is 11.3 Å². The molecule has 0 spiro atoms. The molecule has 2 amide bonds. The minimum atomic E-state index is -0.270. The van der Waals surface area contributed by atoms with Crippen LogP contribution in [0.15, 0.2) is 36.4 Å². The molecule has 1 aromatic heterocycles. The largest absolute Gasteiger partial charge is 0.493 e. The Morgan fingerprint density at radius 1 is 1.00 bits per heavy atom. The molecule has 3 rings (SSSR count). The van der Waals surface area contributed by atoms with E-state index in [0.717, 1.165) is 5.56 Å². The van der Waals surface area contributed by atoms with Crippen molar-refractivity contribution in [1.29, 1.82) is 0 Å². The molecule has 0 bridgehead atoms. The number of thiazole rings is 1. The molecule has 2 N–H and O–H groups in total. The Balaban J connectivity index is 1.89. The number of carbonyl (C=O) groups excluding carboxylic acids is 2. The van der Waals surface area contributed by atoms with Gasteiger partial charge in [-0.1, -0.05) is 6.07 Å². The van der Waals surface area contributed by atoms with Gasteiger partial charge in [-0.2, -0.15) is 0 Å². The van der Waals surface area contributed by atoms with Crippen LogP contribution in [0.4, 0.5) is 5.69 Å². The first-order chi connectivity index (χ1) is 14.4. The first-order valence-electron chi connectivity index (χ1n) is 9.22. The molecule has 0 fully saturated rings. The average Bonchev–Trinajstić information content (AvgIpc) is 3.15. The second-order valence-electron chi connectivity index (χ2n) is 6.51. The molecule has 0 unspecified atom stereocenters. The molecule has 0 saturated heterocycles. The van der Waals surface area contributed by atoms with Gasteiger partial charge in [0.05, 0.1) is 19.9 Å². The van der Waals surface area contributed by atoms with Gasteiger partial charge in [0.15, 0.2) is 11.5 Å². The van der Waals surface area contributed by atoms with Gasteiger partial charge >= 0.3 is 0 Å². The molecular formula is C22H23N3O4S. The smallest absolute Gasteiger partial charge is 0.267 e. The molecule has 8 heteroatoms. The molecule has 1 heterocycles. The Kier molecular flexibility index (Phi) is 6.37. The van der Waals surface area contributed by atoms with Gasteiger partial charge in [0.25, 0.3) is 11.8 Å². The highest BCUT2D eigenvalue weighted by Crippen LogP contribution is 2.35. The summed E-state index contributed by atoms with van der Waals surface area (Å²) in [4.78, 5) is 30.0. The predicted octanol–water partition coefficient (Wildman–Crippen LogP) is 4.06. The third-order valence-corrected chi connectivity index (χ3v) is 5.89. The number of carbonyl (C=O) groups is 2. The van der Waals surface area contributed by atoms with Crippen LogP contribution < -0.4 is 20.1 Å². The molecule has 0 aliphatic carbocycles. The first-order valence-corrected chi connectivity index (χ1v) is 10.0. The van der Waals surface area contributed by atoms with Crippen molar-refractivity contribution in [2.75, 3.05) is 26.6 Å². The van der Waals surface area contributed by atoms with Gasteiger partial charge in [-0.25, -0.2) is 4.98 Å². The first kappa shape index (κ1) is 21.3. The summed E-state index contributed by atoms with van der Waals surface area (Å²) in [5.74, 6) is 0.747. The molecule has 3 aromatic rings. The number of methoxy groups -OCH3 is 2. The minimum Gasteiger partial charge on any atom is -0.493 e. The summed E-state index contributed by atoms with van der Waals surface area (Å²) in [6.45, 7) is 3.60. The van der Waals surface area contributed by atoms with Crippen molar-refractivity contribution in [3.63, 3.8) is 0 Å². The second kappa shape index (κ2) is 8.96. The minimum absolute atomic E-state index is 0.201. The summed E-state index contributed by atoms with van der Waals surface area (Å²) in [5.41, 5.74) is 3.26. The van der Waals surface area contributed by atoms with Crippen molar-refractivity contribution in [1.82, 2.24) is 10.3 Å². The van der Waals surface area contributed by atoms with Crippen molar-refractivity contribution in [3.8, 4) is 22.1 Å². The van der Waals surface area contributed by atoms with Crippen LogP contribution in [-0.2, 0) is 0 Å². The highest BCUT2D eigenvalue weighted by molar-refractivity contribution is 7.17. The monoisotopic (exact) mass is 425 g/mol. The molecule has 0 radical (unpaired) electrons. The lowest BCUT2D eigenvalue weighted by Crippen LogP contribution is -2.20. The number of hydrogen-bond acceptors (Lipinski definition) is 6. The molecule has 0 aliphatic rings. The predicted molar refractivity (Wildman–Crippen MR) is 118 cm³/mol. The van der Waals surface area contributed by atoms with Gasteiger partial charge < -0.3 is 20.1 Å². The van der Waals surface area contributed by atoms with Crippen LogP contribution in [0, 0.1) is 13.8 Å². The summed E-state index contributed by atoms with van der Waals surface area (Å²) in [6, 6.07) is 10.7. The number of rotatable bonds is 6. The van der Waals surface area contributed by atoms with Gasteiger partial charge in [0, 0.05) is 23.9 Å². The SMILES string of the molecule is CNC(=O)c1cccc(NC(=O)c2sc(-c3ccc(OC)c(OC)c3)nc2C)c1C. The quantitative estimate of drug-likeness (QED) is 0.622. The molecular weight excluding hydrogens is 402 g/mol. The third kappa shape index (κ3) is 4.13. The number of ether oxygens (including phenoxy) is 2. The molecule has 156 valence electrons. The molecule has 0 aliphatic heterocycles. The highest BCUT2D eigenvalue weighted by Gasteiger charge is 2.19. The maximum atomic E-state index is 12.9. The lowest BCUT2D eigenvalue weighted by atomic mass is 10.1. The fraction of sp³-hybridized carbons (Fsp3) is 0.227. The lowest BCUT2D eigenvalue weighted by molar-refractivity contribution is 0.0961. The zero-order valence-corrected chi connectivity index (χ0v) is 18.3. The maximum Gasteiger partial charge on any atom is 0.267 e. The van der Waals surface area contributed by atoms with Crippen molar-refractivity contribution >= 4 is 28.8 Å². The Hall–Kier alpha value is -3.39. The van der Waals surface area contributed by atoms with E-state index in [1.54, 1.807) is 59.4 Å². The second-order valence-corrected chi connectivity index (χ2v) is 7.51. The number of hydrogen-bond donors (Lipinski definition) is 2. The Labute approximate surface area is 179 Å². The van der Waals surface area contributed by atoms with E-state index in [-0.39, 0.29) is 11.8 Å². The zero-order valence-electron chi connectivity index (χ0n) is 17.5. The van der Waals surface area contributed by atoms with E-state index in [0.29, 0.717) is 43.9 Å². The van der Waals surface area contributed by atoms with E-state index in [9.17, 15) is 9.59 Å². The molecule has 2 aromatic carbocycles. The number of benzene rings is 2. The summed E-state index contributed by atoms with van der Waals surface area (Å²) in [5, 5.41) is 6.21. The Morgan fingerprint density at radius 3 is 2.40 bits per heavy atom. The fourth-order valence-corrected chi connectivity index (χ4v) is 3.99. The zero-order chi connectivity index (χ0) is 21.8. The topological polar surface area (TPSA) is 89.6 Å². The molecule has 7 nitrogen and oxygen atoms in total. The van der Waals surface area contributed by atoms with Crippen LogP contribution in [0.1, 0.15) is 31.3 Å². The van der Waals surface area contributed by atoms with Crippen LogP contribution in [0.3, 0.4) is 0 Å². The van der Waals surface area contributed by atoms with E-state index in [4.69, 9.17) is 9.47 Å². The van der Waals surface area contributed by atoms with Crippen molar-refractivity contribution in [2.45, 2.75) is 13.8 Å². The molecule has 30 heavy (non-hydrogen) atoms. The summed E-state index contributed by atoms with van der Waals surface area (Å²) >= 11 is 1.29. The van der Waals surface area contributed by atoms with Crippen molar-refractivity contribution in [2.24, 2.45) is 0 Å². The van der Waals surface area contributed by atoms with Gasteiger partial charge in [0.1, 0.15) is 9.88 Å². The number of nitrogens with one attached hydrogen (secondary N) is 2. The lowest BCUT2D eigenvalue weighted by Gasteiger charge is -2.11. The highest BCUT2D eigenvalue weighted by atomic mass is 32.1. The number of amides is 2. The van der Waals surface area contributed by atoms with E-state index < -0.39 is 0 Å². The van der Waals surface area contributed by atoms with Crippen LogP contribution in [0.2, 0.25) is 0 Å². The Bertz CT molecular complexity index is 1110. The van der Waals surface area contributed by atoms with Crippen molar-refractivity contribution in [3.05, 3.63) is 58.1 Å². The number of nitrogens with zero attached hydrogens (tertiary/aromatic N) is 1. The normalized spacial score (nSPS) is 10.4. The summed E-state index contributed by atoms with van der Waals surface area (Å²) < 4.78 is 10.6. The standard InChI is InChI=1S/C22H23N3O4S/c1-12-15(20(26)23-3)7-6-8-16(12)25-21(27)19-13(2)24-22(30-19)14-9-10-17(28-4)18(11-14)29-5/h6-11H,1-5H3,(H,23,26)(H,25,27). The maximum absolute atomic E-state index is 12.9. The van der Waals surface area contributed by atoms with E-state index in [1.807, 2.05) is 12.1 Å². The van der Waals surface area contributed by atoms with Gasteiger partial charge in [-0.05, 0) is 49.7 Å². The fourth-order valence-electron chi connectivity index (χ4n) is 3.03. The van der Waals surface area contributed by atoms with Crippen LogP contribution >= 0.6 is 11.3 Å². The number of anilines is 1. The number of aromatic nitrogens is 1. The number of aryl methyl sites for hydroxylation is 1. The van der Waals surface area contributed by atoms with Crippen LogP contribution in [-0.4, -0.2) is 38.1 Å². The summed E-state index contributed by atoms with van der Waals surface area (Å²) in [7, 11) is 4.72. The molecule has 0 atom stereocenters.